The third-order valence-electron chi connectivity index (χ3n) is 6.09. The van der Waals surface area contributed by atoms with Crippen molar-refractivity contribution in [2.45, 2.75) is 18.8 Å². The summed E-state index contributed by atoms with van der Waals surface area (Å²) in [5, 5.41) is 13.2. The van der Waals surface area contributed by atoms with Crippen LogP contribution in [0.2, 0.25) is 5.02 Å². The van der Waals surface area contributed by atoms with Gasteiger partial charge in [0.25, 0.3) is 0 Å². The minimum Gasteiger partial charge on any atom is -0.453 e. The van der Waals surface area contributed by atoms with Crippen LogP contribution < -0.4 is 10.0 Å². The number of nitrogens with one attached hydrogen (secondary N) is 2. The van der Waals surface area contributed by atoms with Crippen molar-refractivity contribution in [1.82, 2.24) is 9.97 Å². The molecular weight excluding hydrogens is 478 g/mol. The first kappa shape index (κ1) is 22.8. The number of rotatable bonds is 4. The second-order valence-corrected chi connectivity index (χ2v) is 8.58. The molecule has 0 aliphatic heterocycles. The predicted molar refractivity (Wildman–Crippen MR) is 124 cm³/mol. The molecule has 7 nitrogen and oxygen atoms in total. The number of hydrogen-bond acceptors (Lipinski definition) is 4. The lowest BCUT2D eigenvalue weighted by atomic mass is 10.0. The maximum Gasteiger partial charge on any atom is 0.411 e. The average Bonchev–Trinajstić information content (AvgIpc) is 3.50. The number of aromatic amines is 1. The van der Waals surface area contributed by atoms with Gasteiger partial charge in [-0.25, -0.2) is 18.6 Å². The van der Waals surface area contributed by atoms with E-state index in [2.05, 4.69) is 20.0 Å². The van der Waals surface area contributed by atoms with Crippen molar-refractivity contribution in [3.63, 3.8) is 0 Å². The zero-order valence-electron chi connectivity index (χ0n) is 18.5. The lowest BCUT2D eigenvalue weighted by molar-refractivity contribution is -0.909. The number of benzene rings is 2. The van der Waals surface area contributed by atoms with E-state index in [1.54, 1.807) is 24.4 Å². The van der Waals surface area contributed by atoms with Gasteiger partial charge in [-0.05, 0) is 48.7 Å². The molecule has 3 N–H and O–H groups in total. The fraction of sp³-hybridized carbons (Fsp3) is 0.160. The highest BCUT2D eigenvalue weighted by Crippen LogP contribution is 2.38. The Labute approximate surface area is 203 Å². The third-order valence-corrected chi connectivity index (χ3v) is 6.38. The van der Waals surface area contributed by atoms with E-state index in [0.717, 1.165) is 33.7 Å². The van der Waals surface area contributed by atoms with Gasteiger partial charge in [0.2, 0.25) is 11.9 Å². The maximum absolute atomic E-state index is 14.5. The molecule has 2 heterocycles. The molecule has 5 rings (SSSR count). The summed E-state index contributed by atoms with van der Waals surface area (Å²) in [5.41, 5.74) is 3.51. The number of aromatic nitrogens is 3. The Bertz CT molecular complexity index is 1440. The summed E-state index contributed by atoms with van der Waals surface area (Å²) in [5.74, 6) is -1.20. The van der Waals surface area contributed by atoms with Crippen LogP contribution >= 0.6 is 11.6 Å². The first-order valence-corrected chi connectivity index (χ1v) is 11.2. The summed E-state index contributed by atoms with van der Waals surface area (Å²) < 4.78 is 34.4. The zero-order valence-corrected chi connectivity index (χ0v) is 19.2. The maximum atomic E-state index is 14.5. The molecule has 35 heavy (non-hydrogen) atoms. The number of H-pyrrole nitrogens is 1. The number of amides is 1. The predicted octanol–water partition coefficient (Wildman–Crippen LogP) is 5.46. The Morgan fingerprint density at radius 1 is 1.23 bits per heavy atom. The second-order valence-electron chi connectivity index (χ2n) is 8.17. The van der Waals surface area contributed by atoms with Gasteiger partial charge in [-0.15, -0.1) is 0 Å². The van der Waals surface area contributed by atoms with E-state index < -0.39 is 17.7 Å². The first-order chi connectivity index (χ1) is 16.9. The Kier molecular flexibility index (Phi) is 5.86. The molecule has 1 aliphatic rings. The molecule has 10 heteroatoms. The van der Waals surface area contributed by atoms with Gasteiger partial charge in [-0.1, -0.05) is 23.7 Å². The third kappa shape index (κ3) is 4.19. The molecule has 0 spiro atoms. The molecule has 0 radical (unpaired) electrons. The summed E-state index contributed by atoms with van der Waals surface area (Å²) in [6.07, 6.45) is 3.69. The Balaban J connectivity index is 1.43. The number of halogens is 3. The number of hydrogen-bond donors (Lipinski definition) is 3. The van der Waals surface area contributed by atoms with Crippen molar-refractivity contribution in [2.75, 3.05) is 12.4 Å². The number of nitrogens with zero attached hydrogens (tertiary/aromatic N) is 2. The quantitative estimate of drug-likeness (QED) is 0.198. The molecule has 2 aromatic carbocycles. The van der Waals surface area contributed by atoms with Crippen LogP contribution in [0.1, 0.15) is 29.4 Å². The summed E-state index contributed by atoms with van der Waals surface area (Å²) in [7, 11) is 1.29. The van der Waals surface area contributed by atoms with Crippen molar-refractivity contribution >= 4 is 23.4 Å². The van der Waals surface area contributed by atoms with E-state index >= 15 is 0 Å². The van der Waals surface area contributed by atoms with Crippen LogP contribution in [0.5, 0.6) is 0 Å². The van der Waals surface area contributed by atoms with Crippen LogP contribution in [0, 0.1) is 11.6 Å². The van der Waals surface area contributed by atoms with Gasteiger partial charge in [0.15, 0.2) is 5.82 Å². The molecule has 1 unspecified atom stereocenters. The minimum atomic E-state index is -0.871. The first-order valence-electron chi connectivity index (χ1n) is 10.8. The summed E-state index contributed by atoms with van der Waals surface area (Å²) in [6, 6.07) is 11.1. The van der Waals surface area contributed by atoms with Crippen LogP contribution in [0.3, 0.4) is 0 Å². The van der Waals surface area contributed by atoms with Gasteiger partial charge < -0.3 is 9.72 Å². The van der Waals surface area contributed by atoms with Gasteiger partial charge in [0.1, 0.15) is 17.6 Å². The molecule has 0 saturated carbocycles. The lowest BCUT2D eigenvalue weighted by Crippen LogP contribution is -2.36. The van der Waals surface area contributed by atoms with Crippen LogP contribution in [0.15, 0.2) is 54.9 Å². The van der Waals surface area contributed by atoms with Gasteiger partial charge in [-0.2, -0.15) is 0 Å². The highest BCUT2D eigenvalue weighted by Gasteiger charge is 2.37. The van der Waals surface area contributed by atoms with Gasteiger partial charge in [0, 0.05) is 16.0 Å². The molecule has 4 aromatic rings. The Morgan fingerprint density at radius 3 is 2.74 bits per heavy atom. The molecular formula is C25H20ClF2N4O3+. The van der Waals surface area contributed by atoms with E-state index in [1.165, 1.54) is 13.3 Å². The van der Waals surface area contributed by atoms with Crippen molar-refractivity contribution in [3.05, 3.63) is 88.6 Å². The zero-order chi connectivity index (χ0) is 24.7. The second kappa shape index (κ2) is 8.99. The van der Waals surface area contributed by atoms with Crippen LogP contribution in [-0.2, 0) is 11.2 Å². The molecule has 2 aromatic heterocycles. The molecule has 1 aliphatic carbocycles. The fourth-order valence-corrected chi connectivity index (χ4v) is 4.58. The molecule has 0 fully saturated rings. The lowest BCUT2D eigenvalue weighted by Gasteiger charge is -2.08. The smallest absolute Gasteiger partial charge is 0.411 e. The van der Waals surface area contributed by atoms with Crippen molar-refractivity contribution in [1.29, 1.82) is 0 Å². The van der Waals surface area contributed by atoms with Crippen molar-refractivity contribution in [3.8, 4) is 22.4 Å². The number of ether oxygens (including phenoxy) is 1. The Morgan fingerprint density at radius 2 is 2.00 bits per heavy atom. The van der Waals surface area contributed by atoms with Gasteiger partial charge in [-0.3, -0.25) is 10.5 Å². The highest BCUT2D eigenvalue weighted by molar-refractivity contribution is 6.31. The number of fused-ring (bicyclic) bond motifs is 1. The van der Waals surface area contributed by atoms with Gasteiger partial charge >= 0.3 is 6.09 Å². The van der Waals surface area contributed by atoms with E-state index in [0.29, 0.717) is 30.0 Å². The summed E-state index contributed by atoms with van der Waals surface area (Å²) in [4.78, 5) is 19.2. The standard InChI is InChI=1S/C25H19ClF2N4O3/c1-35-25(33)30-16-5-2-13(3-6-16)20-11-29-24(31-20)17-7-4-14-10-15(12-32(34)23(14)17)21-19(27)9-8-18(26)22(21)28/h2-3,5-6,8-12,17H,4,7H2,1H3,(H2-,29,30,31,33,34)/p+1. The highest BCUT2D eigenvalue weighted by atomic mass is 35.5. The number of aryl methyl sites for hydroxylation is 1. The number of anilines is 1. The normalized spacial score (nSPS) is 14.6. The molecule has 0 bridgehead atoms. The molecule has 0 saturated heterocycles. The van der Waals surface area contributed by atoms with E-state index in [1.807, 2.05) is 12.1 Å². The van der Waals surface area contributed by atoms with Crippen LogP contribution in [-0.4, -0.2) is 28.4 Å². The van der Waals surface area contributed by atoms with Gasteiger partial charge in [0.05, 0.1) is 35.2 Å². The number of imidazole rings is 1. The van der Waals surface area contributed by atoms with E-state index in [-0.39, 0.29) is 22.1 Å². The summed E-state index contributed by atoms with van der Waals surface area (Å²) >= 11 is 5.84. The molecule has 1 atom stereocenters. The van der Waals surface area contributed by atoms with E-state index in [9.17, 15) is 18.8 Å². The largest absolute Gasteiger partial charge is 0.453 e. The molecule has 178 valence electrons. The number of pyridine rings is 1. The number of methoxy groups -OCH3 is 1. The summed E-state index contributed by atoms with van der Waals surface area (Å²) in [6.45, 7) is 0. The van der Waals surface area contributed by atoms with Crippen molar-refractivity contribution < 1.29 is 28.2 Å². The average molecular weight is 498 g/mol. The molecule has 1 amide bonds. The SMILES string of the molecule is COC(=O)Nc1ccc(-c2cnc(C3CCc4cc(-c5c(F)ccc(Cl)c5F)c[n+](O)c43)[nH]2)cc1. The number of carbonyl (C=O) groups excluding carboxylic acids is 1. The van der Waals surface area contributed by atoms with Crippen molar-refractivity contribution in [2.24, 2.45) is 0 Å². The van der Waals surface area contributed by atoms with E-state index in [4.69, 9.17) is 11.6 Å². The Hall–Kier alpha value is -3.98. The fourth-order valence-electron chi connectivity index (χ4n) is 4.42. The van der Waals surface area contributed by atoms with Crippen LogP contribution in [0.4, 0.5) is 19.3 Å². The van der Waals surface area contributed by atoms with Crippen LogP contribution in [0.25, 0.3) is 22.4 Å². The number of carbonyl (C=O) groups is 1. The monoisotopic (exact) mass is 497 g/mol. The minimum absolute atomic E-state index is 0.193. The topological polar surface area (TPSA) is 91.1 Å².